The lowest BCUT2D eigenvalue weighted by Gasteiger charge is -2.31. The van der Waals surface area contributed by atoms with Gasteiger partial charge in [-0.3, -0.25) is 5.32 Å². The predicted molar refractivity (Wildman–Crippen MR) is 74.9 cm³/mol. The minimum absolute atomic E-state index is 0.338. The van der Waals surface area contributed by atoms with Crippen LogP contribution < -0.4 is 10.2 Å². The van der Waals surface area contributed by atoms with E-state index in [4.69, 9.17) is 17.0 Å². The highest BCUT2D eigenvalue weighted by atomic mass is 32.1. The molecule has 0 fully saturated rings. The van der Waals surface area contributed by atoms with Crippen LogP contribution in [0.4, 0.5) is 10.5 Å². The van der Waals surface area contributed by atoms with E-state index in [0.29, 0.717) is 11.7 Å². The normalized spacial score (nSPS) is 13.7. The van der Waals surface area contributed by atoms with Crippen molar-refractivity contribution >= 4 is 29.1 Å². The molecular formula is C13H16N2O2S. The molecule has 0 aromatic heterocycles. The SMILES string of the molecule is CCOC(=O)NC(=S)N1CCCc2ccccc21. The van der Waals surface area contributed by atoms with Crippen molar-refractivity contribution in [3.05, 3.63) is 29.8 Å². The molecule has 4 nitrogen and oxygen atoms in total. The van der Waals surface area contributed by atoms with E-state index in [2.05, 4.69) is 11.4 Å². The summed E-state index contributed by atoms with van der Waals surface area (Å²) in [5, 5.41) is 2.99. The zero-order valence-corrected chi connectivity index (χ0v) is 11.1. The maximum absolute atomic E-state index is 11.4. The van der Waals surface area contributed by atoms with Crippen LogP contribution in [0.5, 0.6) is 0 Å². The molecule has 5 heteroatoms. The van der Waals surface area contributed by atoms with E-state index in [0.717, 1.165) is 25.1 Å². The second-order valence-corrected chi connectivity index (χ2v) is 4.42. The number of nitrogens with zero attached hydrogens (tertiary/aromatic N) is 1. The van der Waals surface area contributed by atoms with E-state index in [1.54, 1.807) is 6.92 Å². The highest BCUT2D eigenvalue weighted by Crippen LogP contribution is 2.26. The summed E-state index contributed by atoms with van der Waals surface area (Å²) in [5.74, 6) is 0. The van der Waals surface area contributed by atoms with Crippen LogP contribution in [0.1, 0.15) is 18.9 Å². The first-order valence-electron chi connectivity index (χ1n) is 6.05. The fraction of sp³-hybridized carbons (Fsp3) is 0.385. The molecule has 96 valence electrons. The van der Waals surface area contributed by atoms with Gasteiger partial charge in [-0.1, -0.05) is 18.2 Å². The zero-order valence-electron chi connectivity index (χ0n) is 10.3. The van der Waals surface area contributed by atoms with Gasteiger partial charge < -0.3 is 9.64 Å². The molecule has 1 amide bonds. The lowest BCUT2D eigenvalue weighted by atomic mass is 10.0. The zero-order chi connectivity index (χ0) is 13.0. The maximum atomic E-state index is 11.4. The van der Waals surface area contributed by atoms with Crippen LogP contribution in [-0.4, -0.2) is 24.4 Å². The number of nitrogens with one attached hydrogen (secondary N) is 1. The lowest BCUT2D eigenvalue weighted by molar-refractivity contribution is 0.158. The summed E-state index contributed by atoms with van der Waals surface area (Å²) in [4.78, 5) is 13.3. The number of carbonyl (C=O) groups is 1. The lowest BCUT2D eigenvalue weighted by Crippen LogP contribution is -2.45. The molecular weight excluding hydrogens is 248 g/mol. The number of amides is 1. The second-order valence-electron chi connectivity index (χ2n) is 4.03. The number of aryl methyl sites for hydroxylation is 1. The highest BCUT2D eigenvalue weighted by Gasteiger charge is 2.20. The second kappa shape index (κ2) is 5.82. The fourth-order valence-electron chi connectivity index (χ4n) is 2.07. The van der Waals surface area contributed by atoms with Gasteiger partial charge in [0.1, 0.15) is 0 Å². The van der Waals surface area contributed by atoms with Crippen molar-refractivity contribution in [2.75, 3.05) is 18.1 Å². The van der Waals surface area contributed by atoms with Crippen molar-refractivity contribution in [3.63, 3.8) is 0 Å². The summed E-state index contributed by atoms with van der Waals surface area (Å²) in [6, 6.07) is 8.11. The third-order valence-electron chi connectivity index (χ3n) is 2.84. The molecule has 0 spiro atoms. The Morgan fingerprint density at radius 1 is 1.50 bits per heavy atom. The Kier molecular flexibility index (Phi) is 4.15. The number of hydrogen-bond acceptors (Lipinski definition) is 3. The molecule has 1 aliphatic heterocycles. The van der Waals surface area contributed by atoms with Crippen LogP contribution in [-0.2, 0) is 11.2 Å². The van der Waals surface area contributed by atoms with E-state index >= 15 is 0 Å². The van der Waals surface area contributed by atoms with E-state index in [1.165, 1.54) is 5.56 Å². The summed E-state index contributed by atoms with van der Waals surface area (Å²) in [5.41, 5.74) is 2.34. The summed E-state index contributed by atoms with van der Waals surface area (Å²) in [6.45, 7) is 2.92. The summed E-state index contributed by atoms with van der Waals surface area (Å²) < 4.78 is 4.83. The summed E-state index contributed by atoms with van der Waals surface area (Å²) in [7, 11) is 0. The van der Waals surface area contributed by atoms with Crippen molar-refractivity contribution in [2.24, 2.45) is 0 Å². The minimum Gasteiger partial charge on any atom is -0.450 e. The smallest absolute Gasteiger partial charge is 0.413 e. The number of carbonyl (C=O) groups excluding carboxylic acids is 1. The molecule has 0 atom stereocenters. The number of fused-ring (bicyclic) bond motifs is 1. The van der Waals surface area contributed by atoms with Gasteiger partial charge in [-0.25, -0.2) is 4.79 Å². The van der Waals surface area contributed by atoms with Gasteiger partial charge in [-0.15, -0.1) is 0 Å². The third-order valence-corrected chi connectivity index (χ3v) is 3.16. The highest BCUT2D eigenvalue weighted by molar-refractivity contribution is 7.80. The number of anilines is 1. The van der Waals surface area contributed by atoms with Crippen LogP contribution >= 0.6 is 12.2 Å². The van der Waals surface area contributed by atoms with Crippen LogP contribution in [0.15, 0.2) is 24.3 Å². The monoisotopic (exact) mass is 264 g/mol. The molecule has 0 unspecified atom stereocenters. The van der Waals surface area contributed by atoms with Crippen molar-refractivity contribution in [2.45, 2.75) is 19.8 Å². The minimum atomic E-state index is -0.495. The average molecular weight is 264 g/mol. The molecule has 2 rings (SSSR count). The van der Waals surface area contributed by atoms with Gasteiger partial charge in [-0.2, -0.15) is 0 Å². The first-order chi connectivity index (χ1) is 8.72. The number of ether oxygens (including phenoxy) is 1. The van der Waals surface area contributed by atoms with Crippen LogP contribution in [0.2, 0.25) is 0 Å². The maximum Gasteiger partial charge on any atom is 0.413 e. The molecule has 1 N–H and O–H groups in total. The number of rotatable bonds is 1. The van der Waals surface area contributed by atoms with E-state index in [-0.39, 0.29) is 0 Å². The van der Waals surface area contributed by atoms with Crippen molar-refractivity contribution in [1.29, 1.82) is 0 Å². The Bertz CT molecular complexity index is 462. The van der Waals surface area contributed by atoms with Gasteiger partial charge in [0, 0.05) is 12.2 Å². The fourth-order valence-corrected chi connectivity index (χ4v) is 2.34. The first-order valence-corrected chi connectivity index (χ1v) is 6.46. The Labute approximate surface area is 112 Å². The Morgan fingerprint density at radius 3 is 3.06 bits per heavy atom. The molecule has 0 aliphatic carbocycles. The Morgan fingerprint density at radius 2 is 2.28 bits per heavy atom. The van der Waals surface area contributed by atoms with Gasteiger partial charge >= 0.3 is 6.09 Å². The molecule has 1 heterocycles. The average Bonchev–Trinajstić information content (AvgIpc) is 2.38. The van der Waals surface area contributed by atoms with Crippen molar-refractivity contribution < 1.29 is 9.53 Å². The molecule has 0 radical (unpaired) electrons. The Hall–Kier alpha value is -1.62. The van der Waals surface area contributed by atoms with Gasteiger partial charge in [0.25, 0.3) is 0 Å². The number of hydrogen-bond donors (Lipinski definition) is 1. The summed E-state index contributed by atoms with van der Waals surface area (Å²) >= 11 is 5.25. The molecule has 0 saturated carbocycles. The van der Waals surface area contributed by atoms with Gasteiger partial charge in [-0.05, 0) is 43.6 Å². The Balaban J connectivity index is 2.10. The molecule has 1 aromatic rings. The molecule has 18 heavy (non-hydrogen) atoms. The largest absolute Gasteiger partial charge is 0.450 e. The molecule has 0 saturated heterocycles. The van der Waals surface area contributed by atoms with E-state index < -0.39 is 6.09 Å². The predicted octanol–water partition coefficient (Wildman–Crippen LogP) is 2.47. The number of para-hydroxylation sites is 1. The van der Waals surface area contributed by atoms with E-state index in [1.807, 2.05) is 23.1 Å². The standard InChI is InChI=1S/C13H16N2O2S/c1-2-17-13(16)14-12(18)15-9-5-7-10-6-3-4-8-11(10)15/h3-4,6,8H,2,5,7,9H2,1H3,(H,14,16,18). The van der Waals surface area contributed by atoms with Crippen LogP contribution in [0.25, 0.3) is 0 Å². The van der Waals surface area contributed by atoms with Gasteiger partial charge in [0.15, 0.2) is 5.11 Å². The molecule has 1 aliphatic rings. The molecule has 0 bridgehead atoms. The summed E-state index contributed by atoms with van der Waals surface area (Å²) in [6.07, 6.45) is 1.58. The third kappa shape index (κ3) is 2.79. The van der Waals surface area contributed by atoms with Gasteiger partial charge in [0.05, 0.1) is 6.61 Å². The van der Waals surface area contributed by atoms with Crippen LogP contribution in [0, 0.1) is 0 Å². The first kappa shape index (κ1) is 12.8. The van der Waals surface area contributed by atoms with Gasteiger partial charge in [0.2, 0.25) is 0 Å². The number of alkyl carbamates (subject to hydrolysis) is 1. The van der Waals surface area contributed by atoms with Crippen LogP contribution in [0.3, 0.4) is 0 Å². The van der Waals surface area contributed by atoms with Crippen molar-refractivity contribution in [3.8, 4) is 0 Å². The van der Waals surface area contributed by atoms with Crippen molar-refractivity contribution in [1.82, 2.24) is 5.32 Å². The molecule has 1 aromatic carbocycles. The topological polar surface area (TPSA) is 41.6 Å². The number of benzene rings is 1. The number of thiocarbonyl (C=S) groups is 1. The quantitative estimate of drug-likeness (QED) is 0.791. The van der Waals surface area contributed by atoms with E-state index in [9.17, 15) is 4.79 Å².